The van der Waals surface area contributed by atoms with Crippen molar-refractivity contribution in [3.8, 4) is 11.5 Å². The summed E-state index contributed by atoms with van der Waals surface area (Å²) in [5.74, 6) is -1.11. The van der Waals surface area contributed by atoms with E-state index in [1.807, 2.05) is 0 Å². The summed E-state index contributed by atoms with van der Waals surface area (Å²) in [6.45, 7) is 5.66. The first-order valence-electron chi connectivity index (χ1n) is 18.9. The summed E-state index contributed by atoms with van der Waals surface area (Å²) in [5, 5.41) is 0. The van der Waals surface area contributed by atoms with Crippen LogP contribution in [0.1, 0.15) is 125 Å². The van der Waals surface area contributed by atoms with Gasteiger partial charge < -0.3 is 28.4 Å². The maximum Gasteiger partial charge on any atom is 0.338 e. The third-order valence-electron chi connectivity index (χ3n) is 7.61. The Labute approximate surface area is 328 Å². The normalized spacial score (nSPS) is 10.2. The summed E-state index contributed by atoms with van der Waals surface area (Å²) in [4.78, 5) is 89.0. The van der Waals surface area contributed by atoms with Gasteiger partial charge in [0.05, 0.1) is 18.8 Å². The zero-order valence-electron chi connectivity index (χ0n) is 33.1. The standard InChI is InChI=1S/C26H30O8.C16H26O6/c1-19(27)17-34-26(30)22-9-13-24(14-10-22)32-16-6-4-3-5-15-31-23-11-7-21(8-12-23)25(29)18-33-20(2)28;1-13(17)11-22-16(20)10-8-6-4-3-5-7-9-15(19)12-21-14(2)18/h7-14H,3-6,15-18H2,1-2H3;3-12H2,1-2H3. The van der Waals surface area contributed by atoms with Crippen molar-refractivity contribution >= 4 is 47.0 Å². The van der Waals surface area contributed by atoms with Crippen molar-refractivity contribution in [2.75, 3.05) is 39.6 Å². The van der Waals surface area contributed by atoms with Gasteiger partial charge in [0, 0.05) is 32.3 Å². The summed E-state index contributed by atoms with van der Waals surface area (Å²) in [6, 6.07) is 13.4. The Balaban J connectivity index is 0.000000618. The van der Waals surface area contributed by atoms with E-state index in [-0.39, 0.29) is 55.5 Å². The molecule has 0 unspecified atom stereocenters. The smallest absolute Gasteiger partial charge is 0.338 e. The molecule has 0 bridgehead atoms. The van der Waals surface area contributed by atoms with Gasteiger partial charge in [0.25, 0.3) is 0 Å². The van der Waals surface area contributed by atoms with Crippen molar-refractivity contribution in [1.82, 2.24) is 0 Å². The molecule has 0 aromatic heterocycles. The second-order valence-corrected chi connectivity index (χ2v) is 12.9. The highest BCUT2D eigenvalue weighted by Gasteiger charge is 2.10. The Morgan fingerprint density at radius 1 is 0.429 bits per heavy atom. The van der Waals surface area contributed by atoms with Gasteiger partial charge in [0.2, 0.25) is 0 Å². The van der Waals surface area contributed by atoms with Gasteiger partial charge in [0.15, 0.2) is 29.7 Å². The number of carbonyl (C=O) groups excluding carboxylic acids is 8. The van der Waals surface area contributed by atoms with E-state index in [0.717, 1.165) is 64.2 Å². The number of ether oxygens (including phenoxy) is 6. The van der Waals surface area contributed by atoms with Crippen LogP contribution in [0.25, 0.3) is 0 Å². The second kappa shape index (κ2) is 29.9. The van der Waals surface area contributed by atoms with Crippen molar-refractivity contribution in [2.24, 2.45) is 0 Å². The quantitative estimate of drug-likeness (QED) is 0.0389. The van der Waals surface area contributed by atoms with Crippen LogP contribution in [0.2, 0.25) is 0 Å². The van der Waals surface area contributed by atoms with E-state index >= 15 is 0 Å². The molecule has 0 aliphatic carbocycles. The molecule has 2 aromatic rings. The third kappa shape index (κ3) is 26.4. The van der Waals surface area contributed by atoms with E-state index in [1.54, 1.807) is 48.5 Å². The lowest BCUT2D eigenvalue weighted by Gasteiger charge is -2.08. The average molecular weight is 785 g/mol. The Morgan fingerprint density at radius 3 is 1.36 bits per heavy atom. The monoisotopic (exact) mass is 784 g/mol. The molecule has 0 heterocycles. The van der Waals surface area contributed by atoms with Crippen molar-refractivity contribution in [1.29, 1.82) is 0 Å². The molecular formula is C42H56O14. The minimum atomic E-state index is -0.535. The van der Waals surface area contributed by atoms with Crippen LogP contribution in [-0.2, 0) is 47.7 Å². The molecule has 0 radical (unpaired) electrons. The highest BCUT2D eigenvalue weighted by Crippen LogP contribution is 2.16. The van der Waals surface area contributed by atoms with E-state index in [2.05, 4.69) is 4.74 Å². The molecule has 0 saturated carbocycles. The van der Waals surface area contributed by atoms with Crippen LogP contribution in [-0.4, -0.2) is 86.7 Å². The van der Waals surface area contributed by atoms with Crippen LogP contribution in [0.3, 0.4) is 0 Å². The van der Waals surface area contributed by atoms with Gasteiger partial charge in [-0.15, -0.1) is 0 Å². The Hall–Kier alpha value is -5.40. The van der Waals surface area contributed by atoms with Gasteiger partial charge >= 0.3 is 23.9 Å². The number of carbonyl (C=O) groups is 8. The van der Waals surface area contributed by atoms with Gasteiger partial charge in [-0.25, -0.2) is 4.79 Å². The van der Waals surface area contributed by atoms with Crippen molar-refractivity contribution in [2.45, 2.75) is 105 Å². The molecule has 0 aliphatic rings. The molecule has 14 nitrogen and oxygen atoms in total. The van der Waals surface area contributed by atoms with Crippen LogP contribution >= 0.6 is 0 Å². The summed E-state index contributed by atoms with van der Waals surface area (Å²) in [6.07, 6.45) is 9.96. The molecular weight excluding hydrogens is 728 g/mol. The molecule has 2 aromatic carbocycles. The highest BCUT2D eigenvalue weighted by atomic mass is 16.5. The van der Waals surface area contributed by atoms with E-state index < -0.39 is 17.9 Å². The fourth-order valence-electron chi connectivity index (χ4n) is 4.67. The van der Waals surface area contributed by atoms with Gasteiger partial charge in [-0.3, -0.25) is 33.6 Å². The minimum Gasteiger partial charge on any atom is -0.494 e. The Kier molecular flexibility index (Phi) is 26.0. The molecule has 0 atom stereocenters. The molecule has 308 valence electrons. The maximum absolute atomic E-state index is 11.9. The molecule has 0 aliphatic heterocycles. The van der Waals surface area contributed by atoms with Crippen molar-refractivity contribution < 1.29 is 66.8 Å². The highest BCUT2D eigenvalue weighted by molar-refractivity contribution is 5.98. The number of ketones is 4. The van der Waals surface area contributed by atoms with Crippen molar-refractivity contribution in [3.05, 3.63) is 59.7 Å². The van der Waals surface area contributed by atoms with E-state index in [9.17, 15) is 38.4 Å². The number of Topliss-reactive ketones (excluding diaryl/α,β-unsaturated/α-hetero) is 4. The Morgan fingerprint density at radius 2 is 0.857 bits per heavy atom. The molecule has 0 fully saturated rings. The maximum atomic E-state index is 11.9. The predicted octanol–water partition coefficient (Wildman–Crippen LogP) is 6.57. The third-order valence-corrected chi connectivity index (χ3v) is 7.61. The summed E-state index contributed by atoms with van der Waals surface area (Å²) in [7, 11) is 0. The molecule has 14 heteroatoms. The van der Waals surface area contributed by atoms with E-state index in [4.69, 9.17) is 23.7 Å². The van der Waals surface area contributed by atoms with E-state index in [0.29, 0.717) is 48.7 Å². The Bertz CT molecular complexity index is 1410. The number of hydrogen-bond donors (Lipinski definition) is 0. The van der Waals surface area contributed by atoms with Crippen LogP contribution in [0.5, 0.6) is 11.5 Å². The molecule has 0 N–H and O–H groups in total. The number of unbranched alkanes of at least 4 members (excludes halogenated alkanes) is 8. The number of hydrogen-bond acceptors (Lipinski definition) is 14. The first-order valence-corrected chi connectivity index (χ1v) is 18.9. The SMILES string of the molecule is CC(=O)COC(=O)CCCCCCCCC(=O)COC(C)=O.CC(=O)COC(=O)c1ccc(OCCCCCCOc2ccc(C(=O)COC(C)=O)cc2)cc1. The zero-order chi connectivity index (χ0) is 41.6. The minimum absolute atomic E-state index is 0.0524. The van der Waals surface area contributed by atoms with Crippen molar-refractivity contribution in [3.63, 3.8) is 0 Å². The fourth-order valence-corrected chi connectivity index (χ4v) is 4.67. The van der Waals surface area contributed by atoms with Crippen LogP contribution in [0.4, 0.5) is 0 Å². The number of benzene rings is 2. The zero-order valence-corrected chi connectivity index (χ0v) is 33.1. The lowest BCUT2D eigenvalue weighted by Crippen LogP contribution is -2.11. The predicted molar refractivity (Wildman–Crippen MR) is 204 cm³/mol. The summed E-state index contributed by atoms with van der Waals surface area (Å²) < 4.78 is 30.3. The molecule has 0 spiro atoms. The fraction of sp³-hybridized carbons (Fsp3) is 0.524. The lowest BCUT2D eigenvalue weighted by atomic mass is 10.1. The van der Waals surface area contributed by atoms with Gasteiger partial charge in [-0.1, -0.05) is 25.7 Å². The van der Waals surface area contributed by atoms with Gasteiger partial charge in [-0.2, -0.15) is 0 Å². The molecule has 2 rings (SSSR count). The van der Waals surface area contributed by atoms with Crippen LogP contribution in [0, 0.1) is 0 Å². The van der Waals surface area contributed by atoms with Gasteiger partial charge in [0.1, 0.15) is 31.3 Å². The first-order chi connectivity index (χ1) is 26.8. The number of esters is 4. The van der Waals surface area contributed by atoms with E-state index in [1.165, 1.54) is 27.7 Å². The largest absolute Gasteiger partial charge is 0.494 e. The van der Waals surface area contributed by atoms with Crippen LogP contribution < -0.4 is 9.47 Å². The molecule has 0 amide bonds. The molecule has 0 saturated heterocycles. The topological polar surface area (TPSA) is 192 Å². The molecule has 56 heavy (non-hydrogen) atoms. The second-order valence-electron chi connectivity index (χ2n) is 12.9. The van der Waals surface area contributed by atoms with Crippen LogP contribution in [0.15, 0.2) is 48.5 Å². The summed E-state index contributed by atoms with van der Waals surface area (Å²) in [5.41, 5.74) is 0.841. The average Bonchev–Trinajstić information content (AvgIpc) is 3.17. The number of rotatable bonds is 28. The summed E-state index contributed by atoms with van der Waals surface area (Å²) >= 11 is 0. The lowest BCUT2D eigenvalue weighted by molar-refractivity contribution is -0.147. The first kappa shape index (κ1) is 48.6. The van der Waals surface area contributed by atoms with Gasteiger partial charge in [-0.05, 0) is 101 Å².